The van der Waals surface area contributed by atoms with Gasteiger partial charge in [-0.05, 0) is 76.2 Å². The van der Waals surface area contributed by atoms with Crippen LogP contribution in [0.3, 0.4) is 0 Å². The van der Waals surface area contributed by atoms with Gasteiger partial charge in [0.1, 0.15) is 17.8 Å². The van der Waals surface area contributed by atoms with Crippen molar-refractivity contribution in [1.82, 2.24) is 20.2 Å². The van der Waals surface area contributed by atoms with E-state index in [4.69, 9.17) is 19.0 Å². The molecule has 0 aliphatic carbocycles. The molecule has 3 atom stereocenters. The Morgan fingerprint density at radius 2 is 1.85 bits per heavy atom. The van der Waals surface area contributed by atoms with Crippen molar-refractivity contribution in [3.63, 3.8) is 0 Å². The number of aromatic amines is 1. The van der Waals surface area contributed by atoms with Crippen LogP contribution in [0.25, 0.3) is 11.0 Å². The maximum atomic E-state index is 12.6. The van der Waals surface area contributed by atoms with Gasteiger partial charge in [-0.25, -0.2) is 9.78 Å². The molecule has 3 N–H and O–H groups in total. The number of carbonyl (C=O) groups is 1. The minimum Gasteiger partial charge on any atom is -0.410 e. The number of likely N-dealkylation sites (tertiary alicyclic amines) is 1. The van der Waals surface area contributed by atoms with Gasteiger partial charge in [-0.3, -0.25) is 4.90 Å². The van der Waals surface area contributed by atoms with Gasteiger partial charge in [-0.2, -0.15) is 0 Å². The summed E-state index contributed by atoms with van der Waals surface area (Å²) in [6.07, 6.45) is 0.264. The zero-order valence-corrected chi connectivity index (χ0v) is 23.6. The molecular formula is C29H39BN4O5. The maximum absolute atomic E-state index is 12.6. The van der Waals surface area contributed by atoms with Gasteiger partial charge < -0.3 is 29.5 Å². The highest BCUT2D eigenvalue weighted by Gasteiger charge is 2.51. The second kappa shape index (κ2) is 10.6. The standard InChI is InChI=1S/C29H39BN4O5/c1-18(2)24(33-27(36)37-20-11-8-7-9-12-20)26(35)34-16-10-13-23(34)25-31-21-15-14-19(17-22(21)32-25)30-38-28(3,4)29(5,6)39-30/h7-9,11-12,14-15,17-18,23-24,26,35H,10,13,16H2,1-6H3,(H,31,32)(H,33,36)/t23-,24-,26?/m0/s1. The minimum absolute atomic E-state index is 0.0253. The fraction of sp³-hybridized carbons (Fsp3) is 0.517. The maximum Gasteiger partial charge on any atom is 0.494 e. The molecular weight excluding hydrogens is 495 g/mol. The Labute approximate surface area is 230 Å². The Morgan fingerprint density at radius 1 is 1.15 bits per heavy atom. The van der Waals surface area contributed by atoms with Gasteiger partial charge in [-0.1, -0.05) is 38.1 Å². The number of fused-ring (bicyclic) bond motifs is 1. The molecule has 2 aliphatic rings. The molecule has 1 amide bonds. The van der Waals surface area contributed by atoms with Crippen LogP contribution in [-0.2, 0) is 9.31 Å². The molecule has 9 nitrogen and oxygen atoms in total. The predicted octanol–water partition coefficient (Wildman–Crippen LogP) is 4.13. The summed E-state index contributed by atoms with van der Waals surface area (Å²) in [6.45, 7) is 12.8. The first-order valence-corrected chi connectivity index (χ1v) is 13.8. The molecule has 2 aliphatic heterocycles. The van der Waals surface area contributed by atoms with Crippen LogP contribution in [0.1, 0.15) is 66.3 Å². The van der Waals surface area contributed by atoms with Crippen LogP contribution in [0.5, 0.6) is 5.75 Å². The summed E-state index contributed by atoms with van der Waals surface area (Å²) < 4.78 is 17.9. The largest absolute Gasteiger partial charge is 0.494 e. The first kappa shape index (κ1) is 27.6. The van der Waals surface area contributed by atoms with Crippen molar-refractivity contribution < 1.29 is 23.9 Å². The first-order valence-electron chi connectivity index (χ1n) is 13.8. The van der Waals surface area contributed by atoms with Crippen molar-refractivity contribution in [3.05, 3.63) is 54.4 Å². The number of aliphatic hydroxyl groups excluding tert-OH is 1. The highest BCUT2D eigenvalue weighted by Crippen LogP contribution is 2.37. The van der Waals surface area contributed by atoms with Gasteiger partial charge in [0.25, 0.3) is 0 Å². The van der Waals surface area contributed by atoms with Crippen molar-refractivity contribution in [2.75, 3.05) is 6.54 Å². The van der Waals surface area contributed by atoms with Crippen molar-refractivity contribution in [1.29, 1.82) is 0 Å². The molecule has 5 rings (SSSR count). The lowest BCUT2D eigenvalue weighted by molar-refractivity contribution is -0.0432. The molecule has 1 aromatic heterocycles. The van der Waals surface area contributed by atoms with Crippen LogP contribution in [0.4, 0.5) is 4.79 Å². The number of carbonyl (C=O) groups excluding carboxylic acids is 1. The number of imidazole rings is 1. The minimum atomic E-state index is -0.908. The van der Waals surface area contributed by atoms with E-state index in [1.807, 2.05) is 70.7 Å². The molecule has 0 bridgehead atoms. The number of ether oxygens (including phenoxy) is 1. The molecule has 2 aromatic carbocycles. The molecule has 10 heteroatoms. The summed E-state index contributed by atoms with van der Waals surface area (Å²) in [7, 11) is -0.454. The number of aliphatic hydroxyl groups is 1. The lowest BCUT2D eigenvalue weighted by Crippen LogP contribution is -2.54. The van der Waals surface area contributed by atoms with Crippen LogP contribution in [0.15, 0.2) is 48.5 Å². The first-order chi connectivity index (χ1) is 18.4. The van der Waals surface area contributed by atoms with E-state index in [1.54, 1.807) is 24.3 Å². The number of para-hydroxylation sites is 1. The lowest BCUT2D eigenvalue weighted by atomic mass is 9.79. The molecule has 3 aromatic rings. The number of H-pyrrole nitrogens is 1. The topological polar surface area (TPSA) is 109 Å². The van der Waals surface area contributed by atoms with Gasteiger partial charge in [0.2, 0.25) is 0 Å². The van der Waals surface area contributed by atoms with E-state index in [-0.39, 0.29) is 12.0 Å². The predicted molar refractivity (Wildman–Crippen MR) is 151 cm³/mol. The fourth-order valence-electron chi connectivity index (χ4n) is 5.28. The van der Waals surface area contributed by atoms with Gasteiger partial charge in [0.15, 0.2) is 0 Å². The Morgan fingerprint density at radius 3 is 2.51 bits per heavy atom. The van der Waals surface area contributed by atoms with Gasteiger partial charge in [0.05, 0.1) is 34.3 Å². The Bertz CT molecular complexity index is 1300. The highest BCUT2D eigenvalue weighted by molar-refractivity contribution is 6.62. The van der Waals surface area contributed by atoms with E-state index in [2.05, 4.69) is 10.3 Å². The van der Waals surface area contributed by atoms with E-state index >= 15 is 0 Å². The number of hydrogen-bond acceptors (Lipinski definition) is 7. The van der Waals surface area contributed by atoms with E-state index in [1.165, 1.54) is 0 Å². The van der Waals surface area contributed by atoms with Crippen LogP contribution in [-0.4, -0.2) is 63.2 Å². The van der Waals surface area contributed by atoms with Crippen molar-refractivity contribution in [2.45, 2.75) is 83.9 Å². The van der Waals surface area contributed by atoms with Crippen molar-refractivity contribution in [2.24, 2.45) is 5.92 Å². The van der Waals surface area contributed by atoms with Crippen molar-refractivity contribution in [3.8, 4) is 5.75 Å². The normalized spacial score (nSPS) is 22.4. The third kappa shape index (κ3) is 5.56. The summed E-state index contributed by atoms with van der Waals surface area (Å²) in [5.41, 5.74) is 1.84. The second-order valence-corrected chi connectivity index (χ2v) is 11.9. The summed E-state index contributed by atoms with van der Waals surface area (Å²) in [5.74, 6) is 1.22. The van der Waals surface area contributed by atoms with Crippen LogP contribution < -0.4 is 15.5 Å². The molecule has 2 saturated heterocycles. The number of nitrogens with zero attached hydrogens (tertiary/aromatic N) is 2. The summed E-state index contributed by atoms with van der Waals surface area (Å²) in [4.78, 5) is 23.0. The number of amides is 1. The number of aromatic nitrogens is 2. The molecule has 0 spiro atoms. The number of hydrogen-bond donors (Lipinski definition) is 3. The molecule has 3 heterocycles. The molecule has 208 valence electrons. The van der Waals surface area contributed by atoms with E-state index < -0.39 is 36.7 Å². The smallest absolute Gasteiger partial charge is 0.410 e. The third-order valence-corrected chi connectivity index (χ3v) is 8.28. The number of rotatable bonds is 7. The summed E-state index contributed by atoms with van der Waals surface area (Å²) in [5, 5.41) is 14.3. The monoisotopic (exact) mass is 534 g/mol. The molecule has 0 radical (unpaired) electrons. The molecule has 0 saturated carbocycles. The summed E-state index contributed by atoms with van der Waals surface area (Å²) in [6, 6.07) is 14.3. The van der Waals surface area contributed by atoms with E-state index in [0.29, 0.717) is 12.3 Å². The van der Waals surface area contributed by atoms with Crippen LogP contribution >= 0.6 is 0 Å². The summed E-state index contributed by atoms with van der Waals surface area (Å²) >= 11 is 0. The van der Waals surface area contributed by atoms with E-state index in [0.717, 1.165) is 35.2 Å². The average molecular weight is 534 g/mol. The second-order valence-electron chi connectivity index (χ2n) is 11.9. The number of benzene rings is 2. The highest BCUT2D eigenvalue weighted by atomic mass is 16.7. The molecule has 39 heavy (non-hydrogen) atoms. The third-order valence-electron chi connectivity index (χ3n) is 8.28. The van der Waals surface area contributed by atoms with Crippen LogP contribution in [0.2, 0.25) is 0 Å². The quantitative estimate of drug-likeness (QED) is 0.391. The Balaban J connectivity index is 1.32. The SMILES string of the molecule is CC(C)[C@H](NC(=O)Oc1ccccc1)C(O)N1CCC[C@H]1c1nc2ccc(B3OC(C)(C)C(C)(C)O3)cc2[nH]1. The Kier molecular flexibility index (Phi) is 7.50. The molecule has 2 fully saturated rings. The van der Waals surface area contributed by atoms with Gasteiger partial charge in [0, 0.05) is 6.54 Å². The van der Waals surface area contributed by atoms with Crippen LogP contribution in [0, 0.1) is 5.92 Å². The van der Waals surface area contributed by atoms with Crippen molar-refractivity contribution >= 4 is 29.7 Å². The lowest BCUT2D eigenvalue weighted by Gasteiger charge is -2.35. The molecule has 1 unspecified atom stereocenters. The Hall–Kier alpha value is -2.92. The fourth-order valence-corrected chi connectivity index (χ4v) is 5.28. The zero-order chi connectivity index (χ0) is 27.9. The number of nitrogens with one attached hydrogen (secondary N) is 2. The van der Waals surface area contributed by atoms with E-state index in [9.17, 15) is 9.90 Å². The van der Waals surface area contributed by atoms with Gasteiger partial charge in [-0.15, -0.1) is 0 Å². The van der Waals surface area contributed by atoms with Gasteiger partial charge >= 0.3 is 13.2 Å². The zero-order valence-electron chi connectivity index (χ0n) is 23.6. The average Bonchev–Trinajstić information content (AvgIpc) is 3.57.